The topological polar surface area (TPSA) is 26.3 Å². The Labute approximate surface area is 105 Å². The molecule has 1 heterocycles. The van der Waals surface area contributed by atoms with E-state index in [1.165, 1.54) is 10.1 Å². The molecular weight excluding hydrogens is 232 g/mol. The van der Waals surface area contributed by atoms with Gasteiger partial charge >= 0.3 is 0 Å². The molecule has 2 nitrogen and oxygen atoms in total. The summed E-state index contributed by atoms with van der Waals surface area (Å²) in [5, 5.41) is 3.30. The minimum absolute atomic E-state index is 0.252. The van der Waals surface area contributed by atoms with Crippen molar-refractivity contribution in [3.05, 3.63) is 35.2 Å². The summed E-state index contributed by atoms with van der Waals surface area (Å²) in [4.78, 5) is 11.8. The molecule has 0 atom stereocenters. The van der Waals surface area contributed by atoms with Crippen LogP contribution in [0.25, 0.3) is 10.1 Å². The molecule has 0 bridgehead atoms. The lowest BCUT2D eigenvalue weighted by atomic mass is 10.1. The Morgan fingerprint density at radius 3 is 3.00 bits per heavy atom. The maximum absolute atomic E-state index is 11.8. The van der Waals surface area contributed by atoms with E-state index in [9.17, 15) is 4.79 Å². The summed E-state index contributed by atoms with van der Waals surface area (Å²) in [6.07, 6.45) is 1.04. The van der Waals surface area contributed by atoms with Crippen LogP contribution in [-0.4, -0.2) is 19.0 Å². The number of hydrogen-bond acceptors (Lipinski definition) is 3. The molecule has 1 aromatic heterocycles. The number of ketones is 1. The lowest BCUT2D eigenvalue weighted by molar-refractivity contribution is -0.119. The predicted octanol–water partition coefficient (Wildman–Crippen LogP) is 3.44. The van der Waals surface area contributed by atoms with Crippen LogP contribution < -0.4 is 0 Å². The van der Waals surface area contributed by atoms with Crippen molar-refractivity contribution in [2.75, 3.05) is 13.2 Å². The summed E-state index contributed by atoms with van der Waals surface area (Å²) < 4.78 is 6.44. The van der Waals surface area contributed by atoms with Crippen molar-refractivity contribution < 1.29 is 9.53 Å². The summed E-state index contributed by atoms with van der Waals surface area (Å²) in [6, 6.07) is 8.22. The number of rotatable bonds is 6. The number of carbonyl (C=O) groups excluding carboxylic acids is 1. The van der Waals surface area contributed by atoms with E-state index < -0.39 is 0 Å². The first-order valence-corrected chi connectivity index (χ1v) is 6.73. The van der Waals surface area contributed by atoms with E-state index in [1.54, 1.807) is 11.3 Å². The number of ether oxygens (including phenoxy) is 1. The Balaban J connectivity index is 2.01. The lowest BCUT2D eigenvalue weighted by Crippen LogP contribution is -2.06. The second-order valence-electron chi connectivity index (χ2n) is 3.92. The SMILES string of the molecule is CCOCCC(=O)Cc1csc2ccccc12. The van der Waals surface area contributed by atoms with E-state index in [4.69, 9.17) is 4.74 Å². The van der Waals surface area contributed by atoms with Gasteiger partial charge < -0.3 is 4.74 Å². The molecule has 17 heavy (non-hydrogen) atoms. The predicted molar refractivity (Wildman–Crippen MR) is 71.6 cm³/mol. The van der Waals surface area contributed by atoms with E-state index in [0.717, 1.165) is 5.56 Å². The number of hydrogen-bond donors (Lipinski definition) is 0. The molecule has 0 unspecified atom stereocenters. The Hall–Kier alpha value is -1.19. The third-order valence-corrected chi connectivity index (χ3v) is 3.69. The van der Waals surface area contributed by atoms with Gasteiger partial charge in [0.05, 0.1) is 6.61 Å². The molecule has 90 valence electrons. The second-order valence-corrected chi connectivity index (χ2v) is 4.83. The van der Waals surface area contributed by atoms with E-state index in [0.29, 0.717) is 26.1 Å². The second kappa shape index (κ2) is 5.94. The van der Waals surface area contributed by atoms with Crippen LogP contribution >= 0.6 is 11.3 Å². The van der Waals surface area contributed by atoms with Crippen LogP contribution in [-0.2, 0) is 16.0 Å². The molecular formula is C14H16O2S. The van der Waals surface area contributed by atoms with E-state index in [-0.39, 0.29) is 5.78 Å². The van der Waals surface area contributed by atoms with Crippen LogP contribution in [0.15, 0.2) is 29.6 Å². The van der Waals surface area contributed by atoms with Crippen LogP contribution in [0.3, 0.4) is 0 Å². The van der Waals surface area contributed by atoms with Gasteiger partial charge in [-0.3, -0.25) is 4.79 Å². The first-order valence-electron chi connectivity index (χ1n) is 5.86. The summed E-state index contributed by atoms with van der Waals surface area (Å²) in [7, 11) is 0. The smallest absolute Gasteiger partial charge is 0.139 e. The van der Waals surface area contributed by atoms with Crippen molar-refractivity contribution in [2.24, 2.45) is 0 Å². The van der Waals surface area contributed by atoms with Crippen molar-refractivity contribution in [3.63, 3.8) is 0 Å². The fraction of sp³-hybridized carbons (Fsp3) is 0.357. The lowest BCUT2D eigenvalue weighted by Gasteiger charge is -2.01. The number of benzene rings is 1. The van der Waals surface area contributed by atoms with Crippen LogP contribution in [0.2, 0.25) is 0 Å². The minimum Gasteiger partial charge on any atom is -0.381 e. The third-order valence-electron chi connectivity index (χ3n) is 2.68. The summed E-state index contributed by atoms with van der Waals surface area (Å²) in [5.41, 5.74) is 1.15. The molecule has 0 saturated heterocycles. The number of carbonyl (C=O) groups is 1. The zero-order valence-electron chi connectivity index (χ0n) is 9.94. The molecule has 0 aliphatic carbocycles. The number of Topliss-reactive ketones (excluding diaryl/α,β-unsaturated/α-hetero) is 1. The van der Waals surface area contributed by atoms with Crippen LogP contribution in [0, 0.1) is 0 Å². The first kappa shape index (κ1) is 12.3. The molecule has 2 rings (SSSR count). The number of fused-ring (bicyclic) bond motifs is 1. The molecule has 0 saturated carbocycles. The maximum Gasteiger partial charge on any atom is 0.139 e. The van der Waals surface area contributed by atoms with E-state index in [1.807, 2.05) is 19.1 Å². The Morgan fingerprint density at radius 1 is 1.35 bits per heavy atom. The molecule has 0 spiro atoms. The van der Waals surface area contributed by atoms with Crippen molar-refractivity contribution in [1.29, 1.82) is 0 Å². The fourth-order valence-corrected chi connectivity index (χ4v) is 2.76. The molecule has 0 fully saturated rings. The van der Waals surface area contributed by atoms with Gasteiger partial charge in [-0.15, -0.1) is 11.3 Å². The highest BCUT2D eigenvalue weighted by Gasteiger charge is 2.08. The van der Waals surface area contributed by atoms with Gasteiger partial charge in [-0.1, -0.05) is 18.2 Å². The van der Waals surface area contributed by atoms with Gasteiger partial charge in [0.15, 0.2) is 0 Å². The summed E-state index contributed by atoms with van der Waals surface area (Å²) >= 11 is 1.70. The third kappa shape index (κ3) is 3.14. The van der Waals surface area contributed by atoms with Crippen molar-refractivity contribution >= 4 is 27.2 Å². The normalized spacial score (nSPS) is 10.9. The molecule has 0 N–H and O–H groups in total. The summed E-state index contributed by atoms with van der Waals surface area (Å²) in [5.74, 6) is 0.252. The zero-order chi connectivity index (χ0) is 12.1. The first-order chi connectivity index (χ1) is 8.31. The average molecular weight is 248 g/mol. The van der Waals surface area contributed by atoms with Crippen LogP contribution in [0.1, 0.15) is 18.9 Å². The Kier molecular flexibility index (Phi) is 4.29. The van der Waals surface area contributed by atoms with E-state index >= 15 is 0 Å². The molecule has 0 aliphatic rings. The highest BCUT2D eigenvalue weighted by molar-refractivity contribution is 7.17. The van der Waals surface area contributed by atoms with Crippen molar-refractivity contribution in [2.45, 2.75) is 19.8 Å². The van der Waals surface area contributed by atoms with E-state index in [2.05, 4.69) is 17.5 Å². The average Bonchev–Trinajstić information content (AvgIpc) is 2.73. The fourth-order valence-electron chi connectivity index (χ4n) is 1.80. The molecule has 1 aromatic carbocycles. The maximum atomic E-state index is 11.8. The van der Waals surface area contributed by atoms with Crippen LogP contribution in [0.4, 0.5) is 0 Å². The Morgan fingerprint density at radius 2 is 2.18 bits per heavy atom. The highest BCUT2D eigenvalue weighted by Crippen LogP contribution is 2.26. The monoisotopic (exact) mass is 248 g/mol. The minimum atomic E-state index is 0.252. The van der Waals surface area contributed by atoms with Gasteiger partial charge in [0.1, 0.15) is 5.78 Å². The van der Waals surface area contributed by atoms with Gasteiger partial charge in [0, 0.05) is 24.1 Å². The molecule has 2 aromatic rings. The molecule has 0 aliphatic heterocycles. The quantitative estimate of drug-likeness (QED) is 0.732. The highest BCUT2D eigenvalue weighted by atomic mass is 32.1. The zero-order valence-corrected chi connectivity index (χ0v) is 10.8. The largest absolute Gasteiger partial charge is 0.381 e. The molecule has 0 amide bonds. The van der Waals surface area contributed by atoms with Gasteiger partial charge in [-0.2, -0.15) is 0 Å². The van der Waals surface area contributed by atoms with Gasteiger partial charge in [0.2, 0.25) is 0 Å². The molecule has 0 radical (unpaired) electrons. The van der Waals surface area contributed by atoms with Crippen molar-refractivity contribution in [1.82, 2.24) is 0 Å². The standard InChI is InChI=1S/C14H16O2S/c1-2-16-8-7-12(15)9-11-10-17-14-6-4-3-5-13(11)14/h3-6,10H,2,7-9H2,1H3. The molecule has 3 heteroatoms. The van der Waals surface area contributed by atoms with Gasteiger partial charge in [0.25, 0.3) is 0 Å². The van der Waals surface area contributed by atoms with Gasteiger partial charge in [-0.25, -0.2) is 0 Å². The van der Waals surface area contributed by atoms with Crippen molar-refractivity contribution in [3.8, 4) is 0 Å². The van der Waals surface area contributed by atoms with Crippen LogP contribution in [0.5, 0.6) is 0 Å². The summed E-state index contributed by atoms with van der Waals surface area (Å²) in [6.45, 7) is 3.16. The number of thiophene rings is 1. The Bertz CT molecular complexity index is 502. The van der Waals surface area contributed by atoms with Gasteiger partial charge in [-0.05, 0) is 29.3 Å².